The van der Waals surface area contributed by atoms with Crippen molar-refractivity contribution in [3.63, 3.8) is 0 Å². The maximum absolute atomic E-state index is 5.70. The Kier molecular flexibility index (Phi) is 4.66. The molecule has 18 heavy (non-hydrogen) atoms. The highest BCUT2D eigenvalue weighted by atomic mass is 16.7. The van der Waals surface area contributed by atoms with Crippen LogP contribution in [-0.4, -0.2) is 33.2 Å². The van der Waals surface area contributed by atoms with Gasteiger partial charge in [0.15, 0.2) is 11.5 Å². The number of ether oxygens (including phenoxy) is 4. The summed E-state index contributed by atoms with van der Waals surface area (Å²) < 4.78 is 21.6. The molecule has 0 saturated heterocycles. The van der Waals surface area contributed by atoms with E-state index in [0.717, 1.165) is 29.2 Å². The van der Waals surface area contributed by atoms with Crippen molar-refractivity contribution < 1.29 is 18.9 Å². The third kappa shape index (κ3) is 3.05. The Balaban J connectivity index is 2.06. The lowest BCUT2D eigenvalue weighted by molar-refractivity contribution is 0.109. The second-order valence-corrected chi connectivity index (χ2v) is 3.90. The van der Waals surface area contributed by atoms with E-state index in [1.54, 1.807) is 0 Å². The summed E-state index contributed by atoms with van der Waals surface area (Å²) in [7, 11) is 0. The molecule has 0 unspecified atom stereocenters. The van der Waals surface area contributed by atoms with Gasteiger partial charge in [-0.25, -0.2) is 0 Å². The molecule has 100 valence electrons. The van der Waals surface area contributed by atoms with E-state index >= 15 is 0 Å². The van der Waals surface area contributed by atoms with E-state index in [0.29, 0.717) is 26.4 Å². The van der Waals surface area contributed by atoms with E-state index in [1.807, 2.05) is 19.1 Å². The quantitative estimate of drug-likeness (QED) is 0.743. The molecule has 0 spiro atoms. The molecule has 5 nitrogen and oxygen atoms in total. The largest absolute Gasteiger partial charge is 0.491 e. The van der Waals surface area contributed by atoms with E-state index in [4.69, 9.17) is 24.7 Å². The van der Waals surface area contributed by atoms with Gasteiger partial charge in [-0.15, -0.1) is 0 Å². The van der Waals surface area contributed by atoms with Crippen LogP contribution in [0.2, 0.25) is 0 Å². The van der Waals surface area contributed by atoms with Crippen LogP contribution >= 0.6 is 0 Å². The minimum Gasteiger partial charge on any atom is -0.491 e. The van der Waals surface area contributed by atoms with E-state index in [1.165, 1.54) is 0 Å². The normalized spacial score (nSPS) is 12.8. The lowest BCUT2D eigenvalue weighted by Gasteiger charge is -2.12. The van der Waals surface area contributed by atoms with E-state index in [-0.39, 0.29) is 6.79 Å². The van der Waals surface area contributed by atoms with Crippen LogP contribution in [0.15, 0.2) is 12.1 Å². The van der Waals surface area contributed by atoms with Crippen molar-refractivity contribution in [2.45, 2.75) is 13.3 Å². The number of rotatable bonds is 7. The molecule has 0 bridgehead atoms. The summed E-state index contributed by atoms with van der Waals surface area (Å²) in [6, 6.07) is 3.80. The number of fused-ring (bicyclic) bond motifs is 1. The van der Waals surface area contributed by atoms with Gasteiger partial charge in [0.05, 0.1) is 6.61 Å². The van der Waals surface area contributed by atoms with Crippen molar-refractivity contribution in [3.8, 4) is 17.2 Å². The van der Waals surface area contributed by atoms with Crippen LogP contribution in [-0.2, 0) is 11.2 Å². The molecule has 5 heteroatoms. The lowest BCUT2D eigenvalue weighted by atomic mass is 10.1. The second kappa shape index (κ2) is 6.47. The van der Waals surface area contributed by atoms with Crippen LogP contribution in [0.25, 0.3) is 0 Å². The Morgan fingerprint density at radius 1 is 1.22 bits per heavy atom. The van der Waals surface area contributed by atoms with Gasteiger partial charge in [-0.2, -0.15) is 0 Å². The van der Waals surface area contributed by atoms with Crippen molar-refractivity contribution in [1.29, 1.82) is 0 Å². The monoisotopic (exact) mass is 253 g/mol. The first-order valence-electron chi connectivity index (χ1n) is 6.18. The van der Waals surface area contributed by atoms with Gasteiger partial charge in [0, 0.05) is 12.7 Å². The third-order valence-corrected chi connectivity index (χ3v) is 2.66. The number of hydrogen-bond acceptors (Lipinski definition) is 5. The molecule has 2 rings (SSSR count). The minimum atomic E-state index is 0.264. The molecule has 0 amide bonds. The van der Waals surface area contributed by atoms with Crippen molar-refractivity contribution in [1.82, 2.24) is 0 Å². The Morgan fingerprint density at radius 3 is 2.72 bits per heavy atom. The Morgan fingerprint density at radius 2 is 2.00 bits per heavy atom. The van der Waals surface area contributed by atoms with Crippen molar-refractivity contribution in [2.24, 2.45) is 5.73 Å². The first-order valence-corrected chi connectivity index (χ1v) is 6.18. The number of nitrogens with two attached hydrogens (primary N) is 1. The van der Waals surface area contributed by atoms with Crippen molar-refractivity contribution in [2.75, 3.05) is 33.2 Å². The zero-order valence-electron chi connectivity index (χ0n) is 10.6. The van der Waals surface area contributed by atoms with Crippen LogP contribution in [0, 0.1) is 0 Å². The average molecular weight is 253 g/mol. The van der Waals surface area contributed by atoms with Gasteiger partial charge in [0.25, 0.3) is 0 Å². The Labute approximate surface area is 107 Å². The highest BCUT2D eigenvalue weighted by Crippen LogP contribution is 2.38. The molecule has 0 atom stereocenters. The molecular formula is C13H19NO4. The molecule has 1 heterocycles. The molecule has 0 fully saturated rings. The fourth-order valence-electron chi connectivity index (χ4n) is 1.81. The van der Waals surface area contributed by atoms with Crippen LogP contribution in [0.3, 0.4) is 0 Å². The standard InChI is InChI=1S/C13H19NO4/c1-2-15-5-6-16-11-8-13-12(17-9-18-13)7-10(11)3-4-14/h7-8H,2-6,9,14H2,1H3. The SMILES string of the molecule is CCOCCOc1cc2c(cc1CCN)OCO2. The van der Waals surface area contributed by atoms with Crippen molar-refractivity contribution >= 4 is 0 Å². The predicted octanol–water partition coefficient (Wildman–Crippen LogP) is 1.33. The zero-order chi connectivity index (χ0) is 12.8. The van der Waals surface area contributed by atoms with Gasteiger partial charge in [-0.05, 0) is 31.5 Å². The van der Waals surface area contributed by atoms with Gasteiger partial charge in [0.1, 0.15) is 12.4 Å². The van der Waals surface area contributed by atoms with E-state index < -0.39 is 0 Å². The predicted molar refractivity (Wildman–Crippen MR) is 67.3 cm³/mol. The summed E-state index contributed by atoms with van der Waals surface area (Å²) in [6.07, 6.45) is 0.751. The molecule has 0 aromatic heterocycles. The van der Waals surface area contributed by atoms with Gasteiger partial charge in [0.2, 0.25) is 6.79 Å². The molecule has 1 aliphatic heterocycles. The maximum Gasteiger partial charge on any atom is 0.231 e. The molecule has 0 saturated carbocycles. The topological polar surface area (TPSA) is 62.9 Å². The fraction of sp³-hybridized carbons (Fsp3) is 0.538. The van der Waals surface area contributed by atoms with Crippen LogP contribution in [0.4, 0.5) is 0 Å². The lowest BCUT2D eigenvalue weighted by Crippen LogP contribution is -2.09. The van der Waals surface area contributed by atoms with Crippen LogP contribution < -0.4 is 19.9 Å². The molecule has 0 aliphatic carbocycles. The molecule has 2 N–H and O–H groups in total. The van der Waals surface area contributed by atoms with E-state index in [2.05, 4.69) is 0 Å². The van der Waals surface area contributed by atoms with Gasteiger partial charge >= 0.3 is 0 Å². The molecular weight excluding hydrogens is 234 g/mol. The summed E-state index contributed by atoms with van der Waals surface area (Å²) >= 11 is 0. The highest BCUT2D eigenvalue weighted by Gasteiger charge is 2.17. The smallest absolute Gasteiger partial charge is 0.231 e. The third-order valence-electron chi connectivity index (χ3n) is 2.66. The Bertz CT molecular complexity index is 395. The maximum atomic E-state index is 5.70. The van der Waals surface area contributed by atoms with Crippen LogP contribution in [0.1, 0.15) is 12.5 Å². The van der Waals surface area contributed by atoms with Crippen LogP contribution in [0.5, 0.6) is 17.2 Å². The first-order chi connectivity index (χ1) is 8.85. The minimum absolute atomic E-state index is 0.264. The van der Waals surface area contributed by atoms with Gasteiger partial charge < -0.3 is 24.7 Å². The summed E-state index contributed by atoms with van der Waals surface area (Å²) in [4.78, 5) is 0. The van der Waals surface area contributed by atoms with Gasteiger partial charge in [-0.3, -0.25) is 0 Å². The molecule has 1 aromatic carbocycles. The molecule has 1 aromatic rings. The van der Waals surface area contributed by atoms with E-state index in [9.17, 15) is 0 Å². The molecule has 0 radical (unpaired) electrons. The average Bonchev–Trinajstić information content (AvgIpc) is 2.82. The van der Waals surface area contributed by atoms with Gasteiger partial charge in [-0.1, -0.05) is 0 Å². The summed E-state index contributed by atoms with van der Waals surface area (Å²) in [5.41, 5.74) is 6.64. The first kappa shape index (κ1) is 13.0. The van der Waals surface area contributed by atoms with Crippen molar-refractivity contribution in [3.05, 3.63) is 17.7 Å². The summed E-state index contributed by atoms with van der Waals surface area (Å²) in [6.45, 7) is 4.58. The molecule has 1 aliphatic rings. The summed E-state index contributed by atoms with van der Waals surface area (Å²) in [5.74, 6) is 2.28. The highest BCUT2D eigenvalue weighted by molar-refractivity contribution is 5.51. The number of hydrogen-bond donors (Lipinski definition) is 1. The zero-order valence-corrected chi connectivity index (χ0v) is 10.6. The summed E-state index contributed by atoms with van der Waals surface area (Å²) in [5, 5.41) is 0. The number of benzene rings is 1. The second-order valence-electron chi connectivity index (χ2n) is 3.90. The Hall–Kier alpha value is -1.46. The fourth-order valence-corrected chi connectivity index (χ4v) is 1.81.